The molecule has 0 bridgehead atoms. The van der Waals surface area contributed by atoms with Gasteiger partial charge in [-0.1, -0.05) is 22.9 Å². The minimum absolute atomic E-state index is 0.0697. The van der Waals surface area contributed by atoms with Crippen LogP contribution in [0.4, 0.5) is 13.9 Å². The Balaban J connectivity index is 3.03. The Hall–Kier alpha value is -0.420. The highest BCUT2D eigenvalue weighted by Gasteiger charge is 2.16. The van der Waals surface area contributed by atoms with E-state index in [0.29, 0.717) is 11.3 Å². The first-order valence-electron chi connectivity index (χ1n) is 2.31. The highest BCUT2D eigenvalue weighted by molar-refractivity contribution is 7.16. The van der Waals surface area contributed by atoms with E-state index >= 15 is 0 Å². The number of halogens is 3. The molecule has 0 unspecified atom stereocenters. The molecule has 6 heteroatoms. The van der Waals surface area contributed by atoms with Crippen molar-refractivity contribution in [3.63, 3.8) is 0 Å². The summed E-state index contributed by atoms with van der Waals surface area (Å²) in [6.07, 6.45) is -2.58. The largest absolute Gasteiger partial charge is 0.375 e. The number of nitrogens with two attached hydrogens (primary N) is 1. The average molecular weight is 185 g/mol. The molecule has 0 spiro atoms. The molecule has 0 aliphatic heterocycles. The number of alkyl halides is 2. The zero-order chi connectivity index (χ0) is 7.72. The van der Waals surface area contributed by atoms with Crippen molar-refractivity contribution in [3.8, 4) is 0 Å². The summed E-state index contributed by atoms with van der Waals surface area (Å²) in [6, 6.07) is 0. The van der Waals surface area contributed by atoms with Crippen molar-refractivity contribution in [3.05, 3.63) is 10.0 Å². The molecule has 0 saturated heterocycles. The van der Waals surface area contributed by atoms with Crippen LogP contribution < -0.4 is 5.73 Å². The van der Waals surface area contributed by atoms with Crippen LogP contribution in [0, 0.1) is 0 Å². The molecule has 0 fully saturated rings. The minimum Gasteiger partial charge on any atom is -0.375 e. The molecule has 0 aliphatic rings. The summed E-state index contributed by atoms with van der Waals surface area (Å²) in [5.41, 5.74) is 5.11. The number of nitrogen functional groups attached to an aromatic ring is 1. The van der Waals surface area contributed by atoms with Crippen LogP contribution in [0.2, 0.25) is 5.15 Å². The second kappa shape index (κ2) is 2.67. The molecule has 2 nitrogen and oxygen atoms in total. The molecule has 0 radical (unpaired) electrons. The first kappa shape index (κ1) is 7.68. The van der Waals surface area contributed by atoms with Crippen LogP contribution in [0.3, 0.4) is 0 Å². The van der Waals surface area contributed by atoms with Gasteiger partial charge in [-0.2, -0.15) is 0 Å². The van der Waals surface area contributed by atoms with Crippen molar-refractivity contribution in [2.24, 2.45) is 0 Å². The molecule has 0 atom stereocenters. The second-order valence-corrected chi connectivity index (χ2v) is 2.93. The standard InChI is InChI=1S/C4H3ClF2N2S/c5-2-1(3(6)7)10-4(8)9-2/h3H,(H2,8,9). The van der Waals surface area contributed by atoms with Crippen LogP contribution in [-0.2, 0) is 0 Å². The Morgan fingerprint density at radius 1 is 1.60 bits per heavy atom. The van der Waals surface area contributed by atoms with E-state index in [0.717, 1.165) is 0 Å². The van der Waals surface area contributed by atoms with E-state index in [1.165, 1.54) is 0 Å². The van der Waals surface area contributed by atoms with Crippen molar-refractivity contribution in [2.45, 2.75) is 6.43 Å². The first-order valence-corrected chi connectivity index (χ1v) is 3.50. The maximum Gasteiger partial charge on any atom is 0.275 e. The topological polar surface area (TPSA) is 38.9 Å². The highest BCUT2D eigenvalue weighted by atomic mass is 35.5. The lowest BCUT2D eigenvalue weighted by Gasteiger charge is -1.89. The lowest BCUT2D eigenvalue weighted by Crippen LogP contribution is -1.79. The fourth-order valence-corrected chi connectivity index (χ4v) is 1.38. The molecule has 1 heterocycles. The van der Waals surface area contributed by atoms with E-state index in [1.54, 1.807) is 0 Å². The molecule has 1 aromatic heterocycles. The molecule has 0 aliphatic carbocycles. The van der Waals surface area contributed by atoms with Crippen molar-refractivity contribution in [1.82, 2.24) is 4.98 Å². The number of nitrogens with zero attached hydrogens (tertiary/aromatic N) is 1. The number of hydrogen-bond donors (Lipinski definition) is 1. The summed E-state index contributed by atoms with van der Waals surface area (Å²) in [7, 11) is 0. The quantitative estimate of drug-likeness (QED) is 0.728. The van der Waals surface area contributed by atoms with Gasteiger partial charge < -0.3 is 5.73 Å². The van der Waals surface area contributed by atoms with Gasteiger partial charge in [-0.15, -0.1) is 0 Å². The van der Waals surface area contributed by atoms with Crippen molar-refractivity contribution in [2.75, 3.05) is 5.73 Å². The SMILES string of the molecule is Nc1nc(Cl)c(C(F)F)s1. The Bertz CT molecular complexity index is 237. The molecule has 1 aromatic rings. The van der Waals surface area contributed by atoms with Gasteiger partial charge in [0, 0.05) is 0 Å². The van der Waals surface area contributed by atoms with E-state index in [-0.39, 0.29) is 15.2 Å². The third-order valence-electron chi connectivity index (χ3n) is 0.824. The highest BCUT2D eigenvalue weighted by Crippen LogP contribution is 2.33. The Morgan fingerprint density at radius 3 is 2.40 bits per heavy atom. The normalized spacial score (nSPS) is 10.8. The van der Waals surface area contributed by atoms with Crippen LogP contribution in [0.1, 0.15) is 11.3 Å². The van der Waals surface area contributed by atoms with Crippen molar-refractivity contribution in [1.29, 1.82) is 0 Å². The predicted octanol–water partition coefficient (Wildman–Crippen LogP) is 2.32. The molecular formula is C4H3ClF2N2S. The number of rotatable bonds is 1. The third-order valence-corrected chi connectivity index (χ3v) is 2.12. The molecule has 1 rings (SSSR count). The van der Waals surface area contributed by atoms with Crippen molar-refractivity contribution < 1.29 is 8.78 Å². The summed E-state index contributed by atoms with van der Waals surface area (Å²) in [5, 5.41) is -0.127. The summed E-state index contributed by atoms with van der Waals surface area (Å²) >= 11 is 5.99. The third kappa shape index (κ3) is 1.35. The molecule has 56 valence electrons. The van der Waals surface area contributed by atoms with E-state index in [9.17, 15) is 8.78 Å². The smallest absolute Gasteiger partial charge is 0.275 e. The lowest BCUT2D eigenvalue weighted by molar-refractivity contribution is 0.155. The average Bonchev–Trinajstić information content (AvgIpc) is 2.10. The van der Waals surface area contributed by atoms with Gasteiger partial charge in [0.15, 0.2) is 10.3 Å². The van der Waals surface area contributed by atoms with Crippen LogP contribution >= 0.6 is 22.9 Å². The Labute approximate surface area is 64.6 Å². The Kier molecular flexibility index (Phi) is 2.05. The number of aromatic nitrogens is 1. The van der Waals surface area contributed by atoms with E-state index in [4.69, 9.17) is 17.3 Å². The van der Waals surface area contributed by atoms with Crippen LogP contribution in [0.25, 0.3) is 0 Å². The second-order valence-electron chi connectivity index (χ2n) is 1.51. The fraction of sp³-hybridized carbons (Fsp3) is 0.250. The maximum absolute atomic E-state index is 11.9. The first-order chi connectivity index (χ1) is 4.61. The zero-order valence-electron chi connectivity index (χ0n) is 4.64. The zero-order valence-corrected chi connectivity index (χ0v) is 6.22. The number of hydrogen-bond acceptors (Lipinski definition) is 3. The minimum atomic E-state index is -2.58. The van der Waals surface area contributed by atoms with Gasteiger partial charge in [0.25, 0.3) is 6.43 Å². The van der Waals surface area contributed by atoms with Crippen LogP contribution in [0.5, 0.6) is 0 Å². The van der Waals surface area contributed by atoms with Crippen LogP contribution in [-0.4, -0.2) is 4.98 Å². The molecule has 0 aromatic carbocycles. The van der Waals surface area contributed by atoms with Gasteiger partial charge in [-0.3, -0.25) is 0 Å². The van der Waals surface area contributed by atoms with E-state index in [1.807, 2.05) is 0 Å². The number of thiazole rings is 1. The molecular weight excluding hydrogens is 182 g/mol. The molecule has 2 N–H and O–H groups in total. The van der Waals surface area contributed by atoms with Gasteiger partial charge in [-0.25, -0.2) is 13.8 Å². The molecule has 10 heavy (non-hydrogen) atoms. The fourth-order valence-electron chi connectivity index (χ4n) is 0.464. The van der Waals surface area contributed by atoms with Gasteiger partial charge >= 0.3 is 0 Å². The Morgan fingerprint density at radius 2 is 2.20 bits per heavy atom. The van der Waals surface area contributed by atoms with Gasteiger partial charge in [-0.05, 0) is 0 Å². The summed E-state index contributed by atoms with van der Waals surface area (Å²) in [4.78, 5) is 3.15. The molecule has 0 amide bonds. The summed E-state index contributed by atoms with van der Waals surface area (Å²) in [6.45, 7) is 0. The molecule has 0 saturated carbocycles. The van der Waals surface area contributed by atoms with Crippen LogP contribution in [0.15, 0.2) is 0 Å². The van der Waals surface area contributed by atoms with Gasteiger partial charge in [0.05, 0.1) is 0 Å². The summed E-state index contributed by atoms with van der Waals surface area (Å²) in [5.74, 6) is 0. The van der Waals surface area contributed by atoms with Gasteiger partial charge in [0.2, 0.25) is 0 Å². The van der Waals surface area contributed by atoms with Gasteiger partial charge in [0.1, 0.15) is 4.88 Å². The maximum atomic E-state index is 11.9. The number of anilines is 1. The predicted molar refractivity (Wildman–Crippen MR) is 36.5 cm³/mol. The lowest BCUT2D eigenvalue weighted by atomic mass is 10.6. The van der Waals surface area contributed by atoms with Crippen molar-refractivity contribution >= 4 is 28.1 Å². The monoisotopic (exact) mass is 184 g/mol. The summed E-state index contributed by atoms with van der Waals surface area (Å²) < 4.78 is 23.7. The van der Waals surface area contributed by atoms with E-state index < -0.39 is 6.43 Å². The van der Waals surface area contributed by atoms with E-state index in [2.05, 4.69) is 4.98 Å².